The van der Waals surface area contributed by atoms with E-state index >= 15 is 0 Å². The number of carbonyl (C=O) groups is 2. The summed E-state index contributed by atoms with van der Waals surface area (Å²) in [7, 11) is 0. The molecule has 1 atom stereocenters. The second-order valence-corrected chi connectivity index (χ2v) is 7.48. The predicted octanol–water partition coefficient (Wildman–Crippen LogP) is 4.64. The zero-order valence-corrected chi connectivity index (χ0v) is 17.1. The summed E-state index contributed by atoms with van der Waals surface area (Å²) >= 11 is 3.57. The van der Waals surface area contributed by atoms with Crippen LogP contribution in [0.1, 0.15) is 56.7 Å². The highest BCUT2D eigenvalue weighted by Gasteiger charge is 2.18. The number of benzene rings is 1. The van der Waals surface area contributed by atoms with Gasteiger partial charge >= 0.3 is 0 Å². The third kappa shape index (κ3) is 5.62. The number of anilines is 1. The minimum atomic E-state index is -0.0200. The van der Waals surface area contributed by atoms with E-state index in [2.05, 4.69) is 46.5 Å². The van der Waals surface area contributed by atoms with Crippen LogP contribution in [0.5, 0.6) is 0 Å². The summed E-state index contributed by atoms with van der Waals surface area (Å²) in [5, 5.41) is 6.02. The number of halogens is 1. The standard InChI is InChI=1S/C19H29BrN2O2/c1-7-16(23)21-15(11(2)3)8-9-17(24)22-19-13(5)10-12(4)18(20)14(19)6/h10-11,15H,7-9H2,1-6H3,(H,21,23)(H,22,24). The van der Waals surface area contributed by atoms with Crippen LogP contribution in [0, 0.1) is 26.7 Å². The van der Waals surface area contributed by atoms with Crippen LogP contribution in [0.15, 0.2) is 10.5 Å². The van der Waals surface area contributed by atoms with Crippen LogP contribution in [0.4, 0.5) is 5.69 Å². The van der Waals surface area contributed by atoms with Gasteiger partial charge in [0.25, 0.3) is 0 Å². The maximum atomic E-state index is 12.4. The molecule has 1 unspecified atom stereocenters. The third-order valence-electron chi connectivity index (χ3n) is 4.30. The van der Waals surface area contributed by atoms with Crippen molar-refractivity contribution in [2.24, 2.45) is 5.92 Å². The van der Waals surface area contributed by atoms with Crippen molar-refractivity contribution in [3.05, 3.63) is 27.2 Å². The van der Waals surface area contributed by atoms with Gasteiger partial charge in [-0.1, -0.05) is 42.8 Å². The van der Waals surface area contributed by atoms with Gasteiger partial charge in [0.05, 0.1) is 0 Å². The van der Waals surface area contributed by atoms with Crippen molar-refractivity contribution in [1.82, 2.24) is 5.32 Å². The molecule has 0 aliphatic rings. The highest BCUT2D eigenvalue weighted by atomic mass is 79.9. The van der Waals surface area contributed by atoms with Gasteiger partial charge in [-0.25, -0.2) is 0 Å². The van der Waals surface area contributed by atoms with Crippen molar-refractivity contribution in [2.45, 2.75) is 66.8 Å². The van der Waals surface area contributed by atoms with E-state index in [0.29, 0.717) is 25.2 Å². The Hall–Kier alpha value is -1.36. The molecule has 4 nitrogen and oxygen atoms in total. The van der Waals surface area contributed by atoms with Gasteiger partial charge in [0, 0.05) is 29.0 Å². The summed E-state index contributed by atoms with van der Waals surface area (Å²) in [5.74, 6) is 0.307. The molecule has 0 heterocycles. The molecule has 24 heavy (non-hydrogen) atoms. The van der Waals surface area contributed by atoms with Crippen molar-refractivity contribution in [3.63, 3.8) is 0 Å². The minimum absolute atomic E-state index is 0.0200. The van der Waals surface area contributed by atoms with E-state index in [1.807, 2.05) is 27.7 Å². The molecule has 2 N–H and O–H groups in total. The number of amides is 2. The Kier molecular flexibility index (Phi) is 7.94. The van der Waals surface area contributed by atoms with Gasteiger partial charge < -0.3 is 10.6 Å². The summed E-state index contributed by atoms with van der Waals surface area (Å²) in [6, 6.07) is 2.08. The lowest BCUT2D eigenvalue weighted by atomic mass is 9.98. The zero-order chi connectivity index (χ0) is 18.4. The van der Waals surface area contributed by atoms with E-state index in [1.54, 1.807) is 0 Å². The molecule has 0 aromatic heterocycles. The lowest BCUT2D eigenvalue weighted by Gasteiger charge is -2.22. The smallest absolute Gasteiger partial charge is 0.224 e. The molecule has 0 spiro atoms. The van der Waals surface area contributed by atoms with Crippen LogP contribution >= 0.6 is 15.9 Å². The Morgan fingerprint density at radius 1 is 1.12 bits per heavy atom. The first-order valence-electron chi connectivity index (χ1n) is 8.52. The fourth-order valence-corrected chi connectivity index (χ4v) is 3.04. The average Bonchev–Trinajstić information content (AvgIpc) is 2.52. The molecule has 0 radical (unpaired) electrons. The minimum Gasteiger partial charge on any atom is -0.353 e. The first kappa shape index (κ1) is 20.7. The van der Waals surface area contributed by atoms with Crippen molar-refractivity contribution < 1.29 is 9.59 Å². The fourth-order valence-electron chi connectivity index (χ4n) is 2.72. The van der Waals surface area contributed by atoms with Crippen molar-refractivity contribution in [3.8, 4) is 0 Å². The average molecular weight is 397 g/mol. The van der Waals surface area contributed by atoms with Crippen molar-refractivity contribution in [1.29, 1.82) is 0 Å². The Morgan fingerprint density at radius 2 is 1.75 bits per heavy atom. The summed E-state index contributed by atoms with van der Waals surface area (Å²) in [6.07, 6.45) is 1.49. The molecular weight excluding hydrogens is 368 g/mol. The van der Waals surface area contributed by atoms with E-state index < -0.39 is 0 Å². The van der Waals surface area contributed by atoms with Crippen LogP contribution in [0.2, 0.25) is 0 Å². The number of hydrogen-bond donors (Lipinski definition) is 2. The first-order chi connectivity index (χ1) is 11.2. The topological polar surface area (TPSA) is 58.2 Å². The zero-order valence-electron chi connectivity index (χ0n) is 15.5. The molecule has 0 aliphatic heterocycles. The van der Waals surface area contributed by atoms with E-state index in [-0.39, 0.29) is 17.9 Å². The second kappa shape index (κ2) is 9.21. The fraction of sp³-hybridized carbons (Fsp3) is 0.579. The molecule has 5 heteroatoms. The number of aryl methyl sites for hydroxylation is 2. The lowest BCUT2D eigenvalue weighted by Crippen LogP contribution is -2.38. The van der Waals surface area contributed by atoms with E-state index in [9.17, 15) is 9.59 Å². The van der Waals surface area contributed by atoms with Gasteiger partial charge in [-0.15, -0.1) is 0 Å². The Balaban J connectivity index is 2.73. The molecule has 0 fully saturated rings. The Bertz CT molecular complexity index is 612. The molecule has 2 amide bonds. The van der Waals surface area contributed by atoms with Gasteiger partial charge in [0.15, 0.2) is 0 Å². The number of rotatable bonds is 7. The van der Waals surface area contributed by atoms with Crippen LogP contribution in [0.25, 0.3) is 0 Å². The maximum absolute atomic E-state index is 12.4. The molecule has 1 aromatic carbocycles. The molecule has 134 valence electrons. The van der Waals surface area contributed by atoms with Gasteiger partial charge in [0.2, 0.25) is 11.8 Å². The van der Waals surface area contributed by atoms with Gasteiger partial charge in [-0.3, -0.25) is 9.59 Å². The number of carbonyl (C=O) groups excluding carboxylic acids is 2. The summed E-state index contributed by atoms with van der Waals surface area (Å²) in [4.78, 5) is 24.0. The molecular formula is C19H29BrN2O2. The second-order valence-electron chi connectivity index (χ2n) is 6.68. The quantitative estimate of drug-likeness (QED) is 0.704. The van der Waals surface area contributed by atoms with Crippen molar-refractivity contribution >= 4 is 33.4 Å². The van der Waals surface area contributed by atoms with E-state index in [0.717, 1.165) is 26.9 Å². The highest BCUT2D eigenvalue weighted by molar-refractivity contribution is 9.10. The van der Waals surface area contributed by atoms with Gasteiger partial charge in [0.1, 0.15) is 0 Å². The molecule has 0 aliphatic carbocycles. The molecule has 1 rings (SSSR count). The van der Waals surface area contributed by atoms with Crippen LogP contribution in [-0.4, -0.2) is 17.9 Å². The van der Waals surface area contributed by atoms with Crippen LogP contribution in [0.3, 0.4) is 0 Å². The van der Waals surface area contributed by atoms with Crippen LogP contribution < -0.4 is 10.6 Å². The first-order valence-corrected chi connectivity index (χ1v) is 9.32. The highest BCUT2D eigenvalue weighted by Crippen LogP contribution is 2.31. The Morgan fingerprint density at radius 3 is 2.29 bits per heavy atom. The van der Waals surface area contributed by atoms with E-state index in [1.165, 1.54) is 0 Å². The largest absolute Gasteiger partial charge is 0.353 e. The van der Waals surface area contributed by atoms with E-state index in [4.69, 9.17) is 0 Å². The summed E-state index contributed by atoms with van der Waals surface area (Å²) in [5.41, 5.74) is 4.13. The molecule has 0 saturated carbocycles. The predicted molar refractivity (Wildman–Crippen MR) is 103 cm³/mol. The SMILES string of the molecule is CCC(=O)NC(CCC(=O)Nc1c(C)cc(C)c(Br)c1C)C(C)C. The number of hydrogen-bond acceptors (Lipinski definition) is 2. The van der Waals surface area contributed by atoms with Crippen molar-refractivity contribution in [2.75, 3.05) is 5.32 Å². The van der Waals surface area contributed by atoms with Crippen LogP contribution in [-0.2, 0) is 9.59 Å². The molecule has 0 bridgehead atoms. The Labute approximate surface area is 153 Å². The van der Waals surface area contributed by atoms with Gasteiger partial charge in [-0.2, -0.15) is 0 Å². The number of nitrogens with one attached hydrogen (secondary N) is 2. The third-order valence-corrected chi connectivity index (χ3v) is 5.52. The van der Waals surface area contributed by atoms with Gasteiger partial charge in [-0.05, 0) is 49.8 Å². The normalized spacial score (nSPS) is 12.2. The summed E-state index contributed by atoms with van der Waals surface area (Å²) in [6.45, 7) is 12.0. The lowest BCUT2D eigenvalue weighted by molar-refractivity contribution is -0.122. The summed E-state index contributed by atoms with van der Waals surface area (Å²) < 4.78 is 1.03. The monoisotopic (exact) mass is 396 g/mol. The molecule has 1 aromatic rings. The maximum Gasteiger partial charge on any atom is 0.224 e. The molecule has 0 saturated heterocycles.